The molecule has 4 rings (SSSR count). The number of hydrogen-bond donors (Lipinski definition) is 0. The minimum atomic E-state index is -3.55. The van der Waals surface area contributed by atoms with Gasteiger partial charge in [0.1, 0.15) is 5.71 Å². The number of anilines is 1. The van der Waals surface area contributed by atoms with Gasteiger partial charge >= 0.3 is 0 Å². The summed E-state index contributed by atoms with van der Waals surface area (Å²) in [6.45, 7) is 4.81. The van der Waals surface area contributed by atoms with E-state index in [0.717, 1.165) is 16.8 Å². The Hall–Kier alpha value is -3.00. The van der Waals surface area contributed by atoms with Gasteiger partial charge in [0.05, 0.1) is 22.8 Å². The third-order valence-corrected chi connectivity index (χ3v) is 7.89. The van der Waals surface area contributed by atoms with E-state index in [-0.39, 0.29) is 10.8 Å². The fraction of sp³-hybridized carbons (Fsp3) is 0.200. The van der Waals surface area contributed by atoms with Crippen molar-refractivity contribution in [3.63, 3.8) is 0 Å². The highest BCUT2D eigenvalue weighted by molar-refractivity contribution is 7.89. The van der Waals surface area contributed by atoms with Gasteiger partial charge in [-0.05, 0) is 48.0 Å². The van der Waals surface area contributed by atoms with E-state index in [1.165, 1.54) is 16.4 Å². The van der Waals surface area contributed by atoms with Crippen molar-refractivity contribution in [2.75, 3.05) is 18.0 Å². The molecule has 0 bridgehead atoms. The van der Waals surface area contributed by atoms with E-state index in [2.05, 4.69) is 4.99 Å². The van der Waals surface area contributed by atoms with Crippen LogP contribution in [0.15, 0.2) is 82.7 Å². The highest BCUT2D eigenvalue weighted by Crippen LogP contribution is 2.32. The van der Waals surface area contributed by atoms with Crippen LogP contribution < -0.4 is 4.90 Å². The zero-order valence-electron chi connectivity index (χ0n) is 18.4. The van der Waals surface area contributed by atoms with E-state index in [4.69, 9.17) is 11.6 Å². The lowest BCUT2D eigenvalue weighted by Crippen LogP contribution is -2.30. The van der Waals surface area contributed by atoms with E-state index in [1.807, 2.05) is 36.4 Å². The molecule has 0 aromatic heterocycles. The van der Waals surface area contributed by atoms with Crippen molar-refractivity contribution in [1.29, 1.82) is 0 Å². The molecule has 0 radical (unpaired) electrons. The van der Waals surface area contributed by atoms with E-state index in [1.54, 1.807) is 43.0 Å². The predicted octanol–water partition coefficient (Wildman–Crippen LogP) is 5.04. The summed E-state index contributed by atoms with van der Waals surface area (Å²) in [7, 11) is -3.55. The number of sulfonamides is 1. The second-order valence-electron chi connectivity index (χ2n) is 7.58. The second kappa shape index (κ2) is 9.47. The fourth-order valence-electron chi connectivity index (χ4n) is 3.83. The van der Waals surface area contributed by atoms with Crippen LogP contribution in [-0.2, 0) is 21.4 Å². The second-order valence-corrected chi connectivity index (χ2v) is 9.95. The van der Waals surface area contributed by atoms with Gasteiger partial charge in [-0.3, -0.25) is 4.79 Å². The molecule has 1 amide bonds. The lowest BCUT2D eigenvalue weighted by atomic mass is 10.1. The van der Waals surface area contributed by atoms with Crippen LogP contribution in [0.3, 0.4) is 0 Å². The molecule has 170 valence electrons. The van der Waals surface area contributed by atoms with Crippen LogP contribution in [0.2, 0.25) is 5.02 Å². The number of amides is 1. The Labute approximate surface area is 199 Å². The number of para-hydroxylation sites is 1. The molecule has 1 heterocycles. The van der Waals surface area contributed by atoms with Crippen molar-refractivity contribution in [3.8, 4) is 0 Å². The number of carbonyl (C=O) groups excluding carboxylic acids is 1. The number of rotatable bonds is 7. The third-order valence-electron chi connectivity index (χ3n) is 5.57. The Kier molecular flexibility index (Phi) is 6.65. The molecule has 0 unspecified atom stereocenters. The fourth-order valence-corrected chi connectivity index (χ4v) is 5.42. The van der Waals surface area contributed by atoms with E-state index in [9.17, 15) is 13.2 Å². The van der Waals surface area contributed by atoms with Crippen molar-refractivity contribution in [1.82, 2.24) is 4.31 Å². The number of nitrogens with zero attached hydrogens (tertiary/aromatic N) is 3. The third kappa shape index (κ3) is 4.57. The van der Waals surface area contributed by atoms with Crippen LogP contribution in [0.4, 0.5) is 11.4 Å². The Morgan fingerprint density at radius 1 is 0.909 bits per heavy atom. The van der Waals surface area contributed by atoms with Gasteiger partial charge in [0, 0.05) is 23.7 Å². The van der Waals surface area contributed by atoms with Crippen molar-refractivity contribution >= 4 is 44.6 Å². The molecule has 0 atom stereocenters. The van der Waals surface area contributed by atoms with Crippen molar-refractivity contribution in [2.45, 2.75) is 25.3 Å². The standard InChI is InChI=1S/C25H24ClN3O3S/c1-3-28(4-2)33(31,32)21-15-13-20(14-16-21)27-24-22-7-5-6-8-23(22)29(25(24)30)17-18-9-11-19(26)12-10-18/h5-16H,3-4,17H2,1-2H3. The van der Waals surface area contributed by atoms with Crippen molar-refractivity contribution in [2.24, 2.45) is 4.99 Å². The van der Waals surface area contributed by atoms with Crippen LogP contribution in [-0.4, -0.2) is 37.4 Å². The molecule has 1 aliphatic heterocycles. The molecule has 0 fully saturated rings. The van der Waals surface area contributed by atoms with Crippen LogP contribution >= 0.6 is 11.6 Å². The normalized spacial score (nSPS) is 14.8. The topological polar surface area (TPSA) is 70.0 Å². The molecule has 33 heavy (non-hydrogen) atoms. The highest BCUT2D eigenvalue weighted by Gasteiger charge is 2.33. The summed E-state index contributed by atoms with van der Waals surface area (Å²) in [5.74, 6) is -0.203. The number of halogens is 1. The largest absolute Gasteiger partial charge is 0.302 e. The molecular formula is C25H24ClN3O3S. The van der Waals surface area contributed by atoms with Crippen LogP contribution in [0.1, 0.15) is 25.0 Å². The summed E-state index contributed by atoms with van der Waals surface area (Å²) >= 11 is 5.98. The van der Waals surface area contributed by atoms with Gasteiger partial charge in [-0.2, -0.15) is 4.31 Å². The quantitative estimate of drug-likeness (QED) is 0.474. The van der Waals surface area contributed by atoms with Crippen molar-refractivity contribution in [3.05, 3.63) is 88.9 Å². The van der Waals surface area contributed by atoms with Gasteiger partial charge in [0.25, 0.3) is 5.91 Å². The van der Waals surface area contributed by atoms with E-state index >= 15 is 0 Å². The van der Waals surface area contributed by atoms with Crippen LogP contribution in [0.25, 0.3) is 0 Å². The first-order chi connectivity index (χ1) is 15.8. The predicted molar refractivity (Wildman–Crippen MR) is 132 cm³/mol. The molecule has 1 aliphatic rings. The smallest absolute Gasteiger partial charge is 0.277 e. The van der Waals surface area contributed by atoms with E-state index < -0.39 is 10.0 Å². The molecule has 0 spiro atoms. The van der Waals surface area contributed by atoms with Crippen molar-refractivity contribution < 1.29 is 13.2 Å². The molecule has 8 heteroatoms. The summed E-state index contributed by atoms with van der Waals surface area (Å²) in [6, 6.07) is 21.2. The number of carbonyl (C=O) groups is 1. The summed E-state index contributed by atoms with van der Waals surface area (Å²) in [4.78, 5) is 19.8. The highest BCUT2D eigenvalue weighted by atomic mass is 35.5. The minimum Gasteiger partial charge on any atom is -0.302 e. The average Bonchev–Trinajstić information content (AvgIpc) is 3.07. The Bertz CT molecular complexity index is 1300. The van der Waals surface area contributed by atoms with Gasteiger partial charge in [0.2, 0.25) is 10.0 Å². The summed E-state index contributed by atoms with van der Waals surface area (Å²) < 4.78 is 26.9. The minimum absolute atomic E-state index is 0.203. The Morgan fingerprint density at radius 3 is 2.18 bits per heavy atom. The van der Waals surface area contributed by atoms with Gasteiger partial charge in [-0.1, -0.05) is 55.8 Å². The van der Waals surface area contributed by atoms with E-state index in [0.29, 0.717) is 36.1 Å². The molecule has 0 aliphatic carbocycles. The number of hydrogen-bond acceptors (Lipinski definition) is 4. The Morgan fingerprint density at radius 2 is 1.55 bits per heavy atom. The molecule has 0 N–H and O–H groups in total. The first-order valence-electron chi connectivity index (χ1n) is 10.7. The molecule has 3 aromatic rings. The SMILES string of the molecule is CCN(CC)S(=O)(=O)c1ccc(N=C2C(=O)N(Cc3ccc(Cl)cc3)c3ccccc32)cc1. The zero-order chi connectivity index (χ0) is 23.6. The maximum atomic E-state index is 13.3. The maximum absolute atomic E-state index is 13.3. The first-order valence-corrected chi connectivity index (χ1v) is 12.5. The van der Waals surface area contributed by atoms with Gasteiger partial charge in [-0.25, -0.2) is 13.4 Å². The molecule has 0 saturated heterocycles. The molecule has 0 saturated carbocycles. The van der Waals surface area contributed by atoms with Gasteiger partial charge in [0.15, 0.2) is 0 Å². The molecule has 6 nitrogen and oxygen atoms in total. The summed E-state index contributed by atoms with van der Waals surface area (Å²) in [5.41, 5.74) is 3.34. The molecule has 3 aromatic carbocycles. The number of aliphatic imine (C=N–C) groups is 1. The number of fused-ring (bicyclic) bond motifs is 1. The molecular weight excluding hydrogens is 458 g/mol. The zero-order valence-corrected chi connectivity index (χ0v) is 20.0. The monoisotopic (exact) mass is 481 g/mol. The number of benzene rings is 3. The van der Waals surface area contributed by atoms with Crippen LogP contribution in [0, 0.1) is 0 Å². The maximum Gasteiger partial charge on any atom is 0.277 e. The first kappa shape index (κ1) is 23.2. The average molecular weight is 482 g/mol. The van der Waals surface area contributed by atoms with Gasteiger partial charge < -0.3 is 4.90 Å². The van der Waals surface area contributed by atoms with Gasteiger partial charge in [-0.15, -0.1) is 0 Å². The lowest BCUT2D eigenvalue weighted by Gasteiger charge is -2.18. The Balaban J connectivity index is 1.65. The lowest BCUT2D eigenvalue weighted by molar-refractivity contribution is -0.112. The summed E-state index contributed by atoms with van der Waals surface area (Å²) in [5, 5.41) is 0.639. The summed E-state index contributed by atoms with van der Waals surface area (Å²) in [6.07, 6.45) is 0. The van der Waals surface area contributed by atoms with Crippen LogP contribution in [0.5, 0.6) is 0 Å².